The molecule has 0 radical (unpaired) electrons. The summed E-state index contributed by atoms with van der Waals surface area (Å²) in [5.74, 6) is -0.562. The summed E-state index contributed by atoms with van der Waals surface area (Å²) in [6, 6.07) is 15.6. The van der Waals surface area contributed by atoms with Crippen LogP contribution in [0.3, 0.4) is 0 Å². The molecule has 0 bridgehead atoms. The summed E-state index contributed by atoms with van der Waals surface area (Å²) in [5, 5.41) is 4.24. The molecule has 5 nitrogen and oxygen atoms in total. The van der Waals surface area contributed by atoms with E-state index in [1.165, 1.54) is 6.20 Å². The zero-order chi connectivity index (χ0) is 20.5. The number of nitrogens with zero attached hydrogens (tertiary/aromatic N) is 2. The SMILES string of the molecule is Cc1cc2cc(NC(=O)c3cccnc3)ccc2n1C(=O)c1c(Cl)cccc1Cl. The average Bonchev–Trinajstić information content (AvgIpc) is 3.03. The second-order valence-electron chi connectivity index (χ2n) is 6.49. The summed E-state index contributed by atoms with van der Waals surface area (Å²) in [6.45, 7) is 1.83. The molecule has 0 fully saturated rings. The van der Waals surface area contributed by atoms with Crippen molar-refractivity contribution in [2.24, 2.45) is 0 Å². The van der Waals surface area contributed by atoms with Crippen LogP contribution in [0.15, 0.2) is 67.0 Å². The molecule has 0 spiro atoms. The van der Waals surface area contributed by atoms with Gasteiger partial charge in [0, 0.05) is 29.2 Å². The maximum atomic E-state index is 13.1. The largest absolute Gasteiger partial charge is 0.322 e. The quantitative estimate of drug-likeness (QED) is 0.466. The number of nitrogens with one attached hydrogen (secondary N) is 1. The van der Waals surface area contributed by atoms with E-state index in [0.717, 1.165) is 11.1 Å². The van der Waals surface area contributed by atoms with E-state index in [-0.39, 0.29) is 17.4 Å². The fourth-order valence-electron chi connectivity index (χ4n) is 3.21. The lowest BCUT2D eigenvalue weighted by molar-refractivity contribution is 0.0962. The van der Waals surface area contributed by atoms with Crippen LogP contribution in [-0.2, 0) is 0 Å². The summed E-state index contributed by atoms with van der Waals surface area (Å²) in [5.41, 5.74) is 2.77. The molecule has 29 heavy (non-hydrogen) atoms. The maximum absolute atomic E-state index is 13.1. The summed E-state index contributed by atoms with van der Waals surface area (Å²) in [6.07, 6.45) is 3.11. The number of benzene rings is 2. The van der Waals surface area contributed by atoms with E-state index in [1.54, 1.807) is 53.2 Å². The van der Waals surface area contributed by atoms with Crippen molar-refractivity contribution < 1.29 is 9.59 Å². The summed E-state index contributed by atoms with van der Waals surface area (Å²) < 4.78 is 1.56. The van der Waals surface area contributed by atoms with Gasteiger partial charge in [0.1, 0.15) is 0 Å². The number of hydrogen-bond donors (Lipinski definition) is 1. The Labute approximate surface area is 176 Å². The number of pyridine rings is 1. The van der Waals surface area contributed by atoms with Crippen molar-refractivity contribution >= 4 is 51.6 Å². The molecule has 0 saturated heterocycles. The highest BCUT2D eigenvalue weighted by molar-refractivity contribution is 6.40. The lowest BCUT2D eigenvalue weighted by Gasteiger charge is -2.10. The number of aryl methyl sites for hydroxylation is 1. The Bertz CT molecular complexity index is 1230. The first-order valence-corrected chi connectivity index (χ1v) is 9.53. The van der Waals surface area contributed by atoms with Gasteiger partial charge < -0.3 is 5.32 Å². The van der Waals surface area contributed by atoms with Crippen LogP contribution in [0, 0.1) is 6.92 Å². The van der Waals surface area contributed by atoms with Crippen molar-refractivity contribution in [1.82, 2.24) is 9.55 Å². The first-order chi connectivity index (χ1) is 14.0. The first-order valence-electron chi connectivity index (χ1n) is 8.78. The molecule has 4 rings (SSSR count). The zero-order valence-electron chi connectivity index (χ0n) is 15.3. The molecular formula is C22H15Cl2N3O2. The van der Waals surface area contributed by atoms with Crippen LogP contribution in [0.4, 0.5) is 5.69 Å². The van der Waals surface area contributed by atoms with Crippen LogP contribution in [0.5, 0.6) is 0 Å². The second-order valence-corrected chi connectivity index (χ2v) is 7.31. The number of hydrogen-bond acceptors (Lipinski definition) is 3. The predicted octanol–water partition coefficient (Wildman–Crippen LogP) is 5.59. The van der Waals surface area contributed by atoms with Gasteiger partial charge in [0.25, 0.3) is 11.8 Å². The van der Waals surface area contributed by atoms with Gasteiger partial charge in [-0.3, -0.25) is 19.1 Å². The highest BCUT2D eigenvalue weighted by Gasteiger charge is 2.20. The fourth-order valence-corrected chi connectivity index (χ4v) is 3.77. The molecule has 0 unspecified atom stereocenters. The molecule has 2 aromatic heterocycles. The van der Waals surface area contributed by atoms with Gasteiger partial charge >= 0.3 is 0 Å². The molecule has 0 atom stereocenters. The predicted molar refractivity (Wildman–Crippen MR) is 115 cm³/mol. The molecule has 2 heterocycles. The van der Waals surface area contributed by atoms with Crippen LogP contribution < -0.4 is 5.32 Å². The molecule has 2 aromatic carbocycles. The standard InChI is InChI=1S/C22H15Cl2N3O2/c1-13-10-15-11-16(26-21(28)14-4-3-9-25-12-14)7-8-19(15)27(13)22(29)20-17(23)5-2-6-18(20)24/h2-12H,1H3,(H,26,28). The minimum atomic E-state index is -0.305. The summed E-state index contributed by atoms with van der Waals surface area (Å²) in [4.78, 5) is 29.5. The number of rotatable bonds is 3. The van der Waals surface area contributed by atoms with E-state index in [9.17, 15) is 9.59 Å². The van der Waals surface area contributed by atoms with Crippen molar-refractivity contribution in [2.45, 2.75) is 6.92 Å². The minimum absolute atomic E-state index is 0.255. The molecule has 4 aromatic rings. The highest BCUT2D eigenvalue weighted by atomic mass is 35.5. The molecular weight excluding hydrogens is 409 g/mol. The minimum Gasteiger partial charge on any atom is -0.322 e. The molecule has 7 heteroatoms. The number of carbonyl (C=O) groups excluding carboxylic acids is 2. The van der Waals surface area contributed by atoms with Gasteiger partial charge in [0.05, 0.1) is 26.7 Å². The van der Waals surface area contributed by atoms with Crippen LogP contribution in [0.25, 0.3) is 10.9 Å². The van der Waals surface area contributed by atoms with Crippen molar-refractivity contribution in [2.75, 3.05) is 5.32 Å². The van der Waals surface area contributed by atoms with Gasteiger partial charge in [-0.15, -0.1) is 0 Å². The number of halogens is 2. The Hall–Kier alpha value is -3.15. The Kier molecular flexibility index (Phi) is 5.09. The number of fused-ring (bicyclic) bond motifs is 1. The lowest BCUT2D eigenvalue weighted by atomic mass is 10.2. The highest BCUT2D eigenvalue weighted by Crippen LogP contribution is 2.29. The molecule has 1 amide bonds. The fraction of sp³-hybridized carbons (Fsp3) is 0.0455. The van der Waals surface area contributed by atoms with Gasteiger partial charge in [-0.1, -0.05) is 29.3 Å². The van der Waals surface area contributed by atoms with Crippen LogP contribution in [0.1, 0.15) is 26.4 Å². The first kappa shape index (κ1) is 19.2. The Balaban J connectivity index is 1.70. The number of anilines is 1. The van der Waals surface area contributed by atoms with Crippen LogP contribution >= 0.6 is 23.2 Å². The average molecular weight is 424 g/mol. The summed E-state index contributed by atoms with van der Waals surface area (Å²) in [7, 11) is 0. The van der Waals surface area contributed by atoms with E-state index < -0.39 is 0 Å². The van der Waals surface area contributed by atoms with Gasteiger partial charge in [-0.2, -0.15) is 0 Å². The molecule has 0 saturated carbocycles. The molecule has 1 N–H and O–H groups in total. The number of amides is 1. The van der Waals surface area contributed by atoms with Crippen LogP contribution in [0.2, 0.25) is 10.0 Å². The van der Waals surface area contributed by atoms with E-state index in [0.29, 0.717) is 26.8 Å². The van der Waals surface area contributed by atoms with Crippen molar-refractivity contribution in [1.29, 1.82) is 0 Å². The van der Waals surface area contributed by atoms with Crippen molar-refractivity contribution in [3.63, 3.8) is 0 Å². The number of carbonyl (C=O) groups is 2. The third kappa shape index (κ3) is 3.62. The van der Waals surface area contributed by atoms with Gasteiger partial charge in [-0.25, -0.2) is 0 Å². The van der Waals surface area contributed by atoms with E-state index >= 15 is 0 Å². The van der Waals surface area contributed by atoms with E-state index in [2.05, 4.69) is 10.3 Å². The number of aromatic nitrogens is 2. The molecule has 0 aliphatic rings. The van der Waals surface area contributed by atoms with Crippen molar-refractivity contribution in [3.8, 4) is 0 Å². The molecule has 0 aliphatic carbocycles. The smallest absolute Gasteiger partial charge is 0.265 e. The van der Waals surface area contributed by atoms with Gasteiger partial charge in [0.2, 0.25) is 0 Å². The zero-order valence-corrected chi connectivity index (χ0v) is 16.8. The third-order valence-electron chi connectivity index (χ3n) is 4.55. The summed E-state index contributed by atoms with van der Waals surface area (Å²) >= 11 is 12.4. The van der Waals surface area contributed by atoms with Crippen LogP contribution in [-0.4, -0.2) is 21.4 Å². The second kappa shape index (κ2) is 7.70. The Morgan fingerprint density at radius 2 is 1.76 bits per heavy atom. The molecule has 0 aliphatic heterocycles. The lowest BCUT2D eigenvalue weighted by Crippen LogP contribution is -2.14. The maximum Gasteiger partial charge on any atom is 0.265 e. The third-order valence-corrected chi connectivity index (χ3v) is 5.18. The normalized spacial score (nSPS) is 10.9. The van der Waals surface area contributed by atoms with E-state index in [4.69, 9.17) is 23.2 Å². The Morgan fingerprint density at radius 3 is 2.45 bits per heavy atom. The van der Waals surface area contributed by atoms with Gasteiger partial charge in [-0.05, 0) is 55.5 Å². The Morgan fingerprint density at radius 1 is 1.00 bits per heavy atom. The monoisotopic (exact) mass is 423 g/mol. The topological polar surface area (TPSA) is 64.0 Å². The van der Waals surface area contributed by atoms with Gasteiger partial charge in [0.15, 0.2) is 0 Å². The van der Waals surface area contributed by atoms with Crippen molar-refractivity contribution in [3.05, 3.63) is 93.9 Å². The molecule has 144 valence electrons. The van der Waals surface area contributed by atoms with E-state index in [1.807, 2.05) is 19.1 Å².